The van der Waals surface area contributed by atoms with Gasteiger partial charge in [-0.2, -0.15) is 4.57 Å². The summed E-state index contributed by atoms with van der Waals surface area (Å²) < 4.78 is 32.0. The third-order valence-corrected chi connectivity index (χ3v) is 6.83. The molecule has 4 rings (SSSR count). The molecule has 0 atom stereocenters. The van der Waals surface area contributed by atoms with Crippen LogP contribution in [0.4, 0.5) is 0 Å². The number of hydrogen-bond acceptors (Lipinski definition) is 4. The number of phosphoric acid groups is 1. The summed E-state index contributed by atoms with van der Waals surface area (Å²) in [6, 6.07) is 32.4. The lowest BCUT2D eigenvalue weighted by Crippen LogP contribution is -2.08. The van der Waals surface area contributed by atoms with Gasteiger partial charge in [-0.05, 0) is 59.9 Å². The molecule has 4 nitrogen and oxygen atoms in total. The molecule has 180 valence electrons. The van der Waals surface area contributed by atoms with Gasteiger partial charge in [0.05, 0.1) is 0 Å². The summed E-state index contributed by atoms with van der Waals surface area (Å²) in [5.74, 6) is 1.27. The van der Waals surface area contributed by atoms with Crippen LogP contribution in [0.25, 0.3) is 11.1 Å². The normalized spacial score (nSPS) is 11.1. The summed E-state index contributed by atoms with van der Waals surface area (Å²) >= 11 is 0. The second-order valence-corrected chi connectivity index (χ2v) is 9.81. The molecule has 4 aromatic rings. The fraction of sp³-hybridized carbons (Fsp3) is 0.200. The van der Waals surface area contributed by atoms with Crippen molar-refractivity contribution >= 4 is 7.82 Å². The molecule has 0 aliphatic rings. The fourth-order valence-corrected chi connectivity index (χ4v) is 5.12. The van der Waals surface area contributed by atoms with Gasteiger partial charge in [0.1, 0.15) is 17.2 Å². The lowest BCUT2D eigenvalue weighted by molar-refractivity contribution is 0.299. The molecule has 4 aromatic carbocycles. The highest BCUT2D eigenvalue weighted by atomic mass is 31.2. The van der Waals surface area contributed by atoms with Crippen molar-refractivity contribution in [3.8, 4) is 28.4 Å². The Morgan fingerprint density at radius 2 is 1.06 bits per heavy atom. The van der Waals surface area contributed by atoms with Crippen molar-refractivity contribution in [3.05, 3.63) is 114 Å². The molecule has 0 bridgehead atoms. The van der Waals surface area contributed by atoms with E-state index in [1.807, 2.05) is 72.8 Å². The Labute approximate surface area is 208 Å². The van der Waals surface area contributed by atoms with E-state index in [1.165, 1.54) is 11.1 Å². The molecule has 0 aliphatic carbocycles. The van der Waals surface area contributed by atoms with E-state index < -0.39 is 7.82 Å². The lowest BCUT2D eigenvalue weighted by Gasteiger charge is -2.21. The van der Waals surface area contributed by atoms with Gasteiger partial charge in [-0.25, -0.2) is 0 Å². The van der Waals surface area contributed by atoms with Crippen molar-refractivity contribution in [1.29, 1.82) is 0 Å². The summed E-state index contributed by atoms with van der Waals surface area (Å²) in [7, 11) is -4.09. The Morgan fingerprint density at radius 1 is 0.571 bits per heavy atom. The summed E-state index contributed by atoms with van der Waals surface area (Å²) in [4.78, 5) is 0. The van der Waals surface area contributed by atoms with Gasteiger partial charge < -0.3 is 13.6 Å². The third kappa shape index (κ3) is 6.77. The average molecular weight is 487 g/mol. The van der Waals surface area contributed by atoms with E-state index in [1.54, 1.807) is 30.3 Å². The largest absolute Gasteiger partial charge is 0.647 e. The van der Waals surface area contributed by atoms with Crippen LogP contribution >= 0.6 is 7.82 Å². The number of rotatable bonds is 11. The Kier molecular flexibility index (Phi) is 8.28. The van der Waals surface area contributed by atoms with Gasteiger partial charge in [-0.3, -0.25) is 0 Å². The highest BCUT2D eigenvalue weighted by Crippen LogP contribution is 2.51. The van der Waals surface area contributed by atoms with Crippen LogP contribution < -0.4 is 13.6 Å². The Bertz CT molecular complexity index is 1200. The molecule has 0 aromatic heterocycles. The summed E-state index contributed by atoms with van der Waals surface area (Å²) in [5.41, 5.74) is 4.13. The van der Waals surface area contributed by atoms with Crippen molar-refractivity contribution in [2.75, 3.05) is 0 Å². The summed E-state index contributed by atoms with van der Waals surface area (Å²) in [6.45, 7) is 4.27. The van der Waals surface area contributed by atoms with Crippen LogP contribution in [-0.4, -0.2) is 0 Å². The molecular weight excluding hydrogens is 455 g/mol. The molecule has 0 spiro atoms. The molecule has 0 unspecified atom stereocenters. The Morgan fingerprint density at radius 3 is 1.57 bits per heavy atom. The molecular formula is C30H31O4P. The van der Waals surface area contributed by atoms with Gasteiger partial charge in [0, 0.05) is 5.56 Å². The van der Waals surface area contributed by atoms with E-state index in [9.17, 15) is 4.57 Å². The smallest absolute Gasteiger partial charge is 0.386 e. The third-order valence-electron chi connectivity index (χ3n) is 5.54. The molecule has 0 aliphatic heterocycles. The van der Waals surface area contributed by atoms with Gasteiger partial charge in [0.2, 0.25) is 0 Å². The van der Waals surface area contributed by atoms with Crippen LogP contribution in [0.1, 0.15) is 37.8 Å². The number of phosphoric ester groups is 1. The van der Waals surface area contributed by atoms with Crippen molar-refractivity contribution < 1.29 is 18.1 Å². The molecule has 0 saturated carbocycles. The quantitative estimate of drug-likeness (QED) is 0.199. The lowest BCUT2D eigenvalue weighted by atomic mass is 10.1. The van der Waals surface area contributed by atoms with E-state index in [2.05, 4.69) is 13.8 Å². The zero-order chi connectivity index (χ0) is 24.5. The van der Waals surface area contributed by atoms with E-state index >= 15 is 0 Å². The van der Waals surface area contributed by atoms with Gasteiger partial charge in [-0.15, -0.1) is 0 Å². The second kappa shape index (κ2) is 11.8. The van der Waals surface area contributed by atoms with Crippen LogP contribution in [-0.2, 0) is 17.4 Å². The first kappa shape index (κ1) is 24.6. The maximum atomic E-state index is 14.1. The minimum absolute atomic E-state index is 0.423. The molecule has 0 heterocycles. The minimum atomic E-state index is -4.09. The van der Waals surface area contributed by atoms with Crippen molar-refractivity contribution in [2.24, 2.45) is 0 Å². The second-order valence-electron chi connectivity index (χ2n) is 8.37. The van der Waals surface area contributed by atoms with E-state index in [-0.39, 0.29) is 0 Å². The maximum Gasteiger partial charge on any atom is 0.647 e. The monoisotopic (exact) mass is 486 g/mol. The van der Waals surface area contributed by atoms with Crippen LogP contribution in [0, 0.1) is 0 Å². The molecule has 5 heteroatoms. The number of hydrogen-bond donors (Lipinski definition) is 0. The van der Waals surface area contributed by atoms with E-state index in [0.29, 0.717) is 17.2 Å². The van der Waals surface area contributed by atoms with Gasteiger partial charge in [0.15, 0.2) is 0 Å². The first-order valence-electron chi connectivity index (χ1n) is 12.1. The predicted molar refractivity (Wildman–Crippen MR) is 142 cm³/mol. The highest BCUT2D eigenvalue weighted by molar-refractivity contribution is 7.49. The zero-order valence-corrected chi connectivity index (χ0v) is 21.1. The topological polar surface area (TPSA) is 44.8 Å². The van der Waals surface area contributed by atoms with Crippen molar-refractivity contribution in [2.45, 2.75) is 39.5 Å². The molecule has 0 saturated heterocycles. The fourth-order valence-electron chi connectivity index (χ4n) is 3.85. The minimum Gasteiger partial charge on any atom is -0.386 e. The molecule has 0 N–H and O–H groups in total. The van der Waals surface area contributed by atoms with Gasteiger partial charge in [0.25, 0.3) is 0 Å². The molecule has 0 radical (unpaired) electrons. The molecule has 0 fully saturated rings. The average Bonchev–Trinajstić information content (AvgIpc) is 2.87. The number of aryl methyl sites for hydroxylation is 2. The highest BCUT2D eigenvalue weighted by Gasteiger charge is 2.34. The van der Waals surface area contributed by atoms with Gasteiger partial charge in [-0.1, -0.05) is 99.5 Å². The molecule has 35 heavy (non-hydrogen) atoms. The van der Waals surface area contributed by atoms with Gasteiger partial charge >= 0.3 is 7.82 Å². The van der Waals surface area contributed by atoms with Crippen LogP contribution in [0.3, 0.4) is 0 Å². The van der Waals surface area contributed by atoms with Crippen LogP contribution in [0.15, 0.2) is 103 Å². The Hall–Kier alpha value is -3.49. The summed E-state index contributed by atoms with van der Waals surface area (Å²) in [6.07, 6.45) is 4.05. The SMILES string of the molecule is CCCc1ccc(OP(=O)(Oc2ccc(CCC)cc2)Oc2ccccc2-c2ccccc2)cc1. The molecule has 0 amide bonds. The number of benzene rings is 4. The maximum absolute atomic E-state index is 14.1. The first-order valence-corrected chi connectivity index (χ1v) is 13.6. The summed E-state index contributed by atoms with van der Waals surface area (Å²) in [5, 5.41) is 0. The zero-order valence-electron chi connectivity index (χ0n) is 20.2. The Balaban J connectivity index is 1.65. The van der Waals surface area contributed by atoms with Crippen LogP contribution in [0.5, 0.6) is 17.2 Å². The standard InChI is InChI=1S/C30H31O4P/c1-3-10-24-16-20-27(21-17-24)32-35(31,33-28-22-18-25(11-4-2)19-23-28)34-30-15-9-8-14-29(30)26-12-6-5-7-13-26/h5-9,12-23H,3-4,10-11H2,1-2H3. The number of para-hydroxylation sites is 1. The first-order chi connectivity index (χ1) is 17.1. The van der Waals surface area contributed by atoms with E-state index in [0.717, 1.165) is 36.8 Å². The predicted octanol–water partition coefficient (Wildman–Crippen LogP) is 8.90. The van der Waals surface area contributed by atoms with Crippen LogP contribution in [0.2, 0.25) is 0 Å². The van der Waals surface area contributed by atoms with Crippen molar-refractivity contribution in [3.63, 3.8) is 0 Å². The van der Waals surface area contributed by atoms with Crippen molar-refractivity contribution in [1.82, 2.24) is 0 Å². The van der Waals surface area contributed by atoms with E-state index in [4.69, 9.17) is 13.6 Å².